The van der Waals surface area contributed by atoms with Crippen LogP contribution in [-0.2, 0) is 0 Å². The van der Waals surface area contributed by atoms with E-state index < -0.39 is 0 Å². The maximum atomic E-state index is 6.29. The molecular weight excluding hydrogens is 230 g/mol. The van der Waals surface area contributed by atoms with Crippen LogP contribution in [0.4, 0.5) is 0 Å². The average Bonchev–Trinajstić information content (AvgIpc) is 2.57. The summed E-state index contributed by atoms with van der Waals surface area (Å²) in [7, 11) is 0. The van der Waals surface area contributed by atoms with Crippen LogP contribution in [0, 0.1) is 5.92 Å². The highest BCUT2D eigenvalue weighted by Crippen LogP contribution is 2.30. The van der Waals surface area contributed by atoms with Gasteiger partial charge in [-0.1, -0.05) is 62.3 Å². The summed E-state index contributed by atoms with van der Waals surface area (Å²) in [6.07, 6.45) is 9.40. The van der Waals surface area contributed by atoms with E-state index in [4.69, 9.17) is 17.3 Å². The van der Waals surface area contributed by atoms with Crippen molar-refractivity contribution in [3.8, 4) is 0 Å². The first-order valence-corrected chi connectivity index (χ1v) is 7.14. The van der Waals surface area contributed by atoms with E-state index in [1.54, 1.807) is 0 Å². The van der Waals surface area contributed by atoms with Gasteiger partial charge in [-0.05, 0) is 30.0 Å². The Morgan fingerprint density at radius 2 is 1.88 bits per heavy atom. The molecule has 94 valence electrons. The van der Waals surface area contributed by atoms with E-state index in [9.17, 15) is 0 Å². The van der Waals surface area contributed by atoms with Gasteiger partial charge in [-0.25, -0.2) is 0 Å². The lowest BCUT2D eigenvalue weighted by Gasteiger charge is -2.19. The first-order valence-electron chi connectivity index (χ1n) is 6.77. The summed E-state index contributed by atoms with van der Waals surface area (Å²) in [5, 5.41) is 0.791. The summed E-state index contributed by atoms with van der Waals surface area (Å²) in [5.41, 5.74) is 7.47. The van der Waals surface area contributed by atoms with Gasteiger partial charge < -0.3 is 5.73 Å². The Kier molecular flexibility index (Phi) is 4.87. The molecule has 1 saturated carbocycles. The lowest BCUT2D eigenvalue weighted by atomic mass is 9.90. The summed E-state index contributed by atoms with van der Waals surface area (Å²) in [6, 6.07) is 8.14. The molecule has 0 bridgehead atoms. The molecule has 0 aromatic heterocycles. The maximum Gasteiger partial charge on any atom is 0.0409 e. The van der Waals surface area contributed by atoms with Crippen molar-refractivity contribution in [2.24, 2.45) is 11.7 Å². The van der Waals surface area contributed by atoms with Gasteiger partial charge in [0.25, 0.3) is 0 Å². The molecule has 0 heterocycles. The summed E-state index contributed by atoms with van der Waals surface area (Å²) in [4.78, 5) is 0. The van der Waals surface area contributed by atoms with E-state index in [0.717, 1.165) is 17.4 Å². The number of nitrogens with two attached hydrogens (primary N) is 1. The summed E-state index contributed by atoms with van der Waals surface area (Å²) in [6.45, 7) is 0. The second-order valence-electron chi connectivity index (χ2n) is 5.25. The molecular formula is C15H22ClN. The third kappa shape index (κ3) is 4.01. The van der Waals surface area contributed by atoms with Crippen molar-refractivity contribution in [1.29, 1.82) is 0 Å². The highest BCUT2D eigenvalue weighted by Gasteiger charge is 2.16. The highest BCUT2D eigenvalue weighted by molar-refractivity contribution is 6.30. The molecule has 0 aliphatic heterocycles. The molecule has 2 N–H and O–H groups in total. The predicted octanol–water partition coefficient (Wildman–Crippen LogP) is 4.70. The number of benzene rings is 1. The largest absolute Gasteiger partial charge is 0.324 e. The molecule has 0 saturated heterocycles. The van der Waals surface area contributed by atoms with Crippen LogP contribution in [0.15, 0.2) is 24.3 Å². The van der Waals surface area contributed by atoms with Gasteiger partial charge in [0, 0.05) is 11.1 Å². The van der Waals surface area contributed by atoms with Crippen LogP contribution in [0.2, 0.25) is 5.02 Å². The molecule has 2 rings (SSSR count). The topological polar surface area (TPSA) is 26.0 Å². The van der Waals surface area contributed by atoms with Crippen molar-refractivity contribution < 1.29 is 0 Å². The van der Waals surface area contributed by atoms with Crippen LogP contribution in [-0.4, -0.2) is 0 Å². The van der Waals surface area contributed by atoms with E-state index in [-0.39, 0.29) is 6.04 Å². The molecule has 1 aliphatic carbocycles. The fourth-order valence-electron chi connectivity index (χ4n) is 2.83. The minimum Gasteiger partial charge on any atom is -0.324 e. The zero-order valence-electron chi connectivity index (χ0n) is 10.4. The van der Waals surface area contributed by atoms with Crippen molar-refractivity contribution in [3.63, 3.8) is 0 Å². The predicted molar refractivity (Wildman–Crippen MR) is 74.2 cm³/mol. The lowest BCUT2D eigenvalue weighted by molar-refractivity contribution is 0.393. The first kappa shape index (κ1) is 12.9. The van der Waals surface area contributed by atoms with Crippen LogP contribution in [0.25, 0.3) is 0 Å². The number of halogens is 1. The Morgan fingerprint density at radius 1 is 1.18 bits per heavy atom. The maximum absolute atomic E-state index is 6.29. The summed E-state index contributed by atoms with van der Waals surface area (Å²) < 4.78 is 0. The third-order valence-electron chi connectivity index (χ3n) is 3.84. The quantitative estimate of drug-likeness (QED) is 0.775. The van der Waals surface area contributed by atoms with Gasteiger partial charge in [0.15, 0.2) is 0 Å². The van der Waals surface area contributed by atoms with Crippen molar-refractivity contribution in [2.75, 3.05) is 0 Å². The number of rotatable bonds is 3. The average molecular weight is 252 g/mol. The van der Waals surface area contributed by atoms with Crippen molar-refractivity contribution >= 4 is 11.6 Å². The summed E-state index contributed by atoms with van der Waals surface area (Å²) >= 11 is 6.00. The monoisotopic (exact) mass is 251 g/mol. The van der Waals surface area contributed by atoms with Gasteiger partial charge in [0.05, 0.1) is 0 Å². The van der Waals surface area contributed by atoms with Crippen molar-refractivity contribution in [1.82, 2.24) is 0 Å². The van der Waals surface area contributed by atoms with E-state index in [2.05, 4.69) is 6.07 Å². The Balaban J connectivity index is 1.93. The van der Waals surface area contributed by atoms with Gasteiger partial charge in [-0.2, -0.15) is 0 Å². The Bertz CT molecular complexity index is 343. The molecule has 1 nitrogen and oxygen atoms in total. The number of hydrogen-bond acceptors (Lipinski definition) is 1. The minimum atomic E-state index is 0.150. The van der Waals surface area contributed by atoms with Gasteiger partial charge in [-0.15, -0.1) is 0 Å². The van der Waals surface area contributed by atoms with Crippen molar-refractivity contribution in [3.05, 3.63) is 34.9 Å². The molecule has 1 aliphatic rings. The normalized spacial score (nSPS) is 19.9. The van der Waals surface area contributed by atoms with Crippen LogP contribution < -0.4 is 5.73 Å². The molecule has 0 radical (unpaired) electrons. The van der Waals surface area contributed by atoms with Crippen molar-refractivity contribution in [2.45, 2.75) is 51.0 Å². The molecule has 1 fully saturated rings. The second kappa shape index (κ2) is 6.42. The Morgan fingerprint density at radius 3 is 2.53 bits per heavy atom. The highest BCUT2D eigenvalue weighted by atomic mass is 35.5. The van der Waals surface area contributed by atoms with E-state index in [0.29, 0.717) is 0 Å². The van der Waals surface area contributed by atoms with E-state index in [1.807, 2.05) is 18.2 Å². The standard InChI is InChI=1S/C15H22ClN/c16-14-9-5-8-13(11-14)15(17)10-12-6-3-1-2-4-7-12/h5,8-9,11-12,15H,1-4,6-7,10,17H2. The molecule has 0 spiro atoms. The summed E-state index contributed by atoms with van der Waals surface area (Å²) in [5.74, 6) is 0.812. The fraction of sp³-hybridized carbons (Fsp3) is 0.600. The van der Waals surface area contributed by atoms with Crippen LogP contribution in [0.5, 0.6) is 0 Å². The first-order chi connectivity index (χ1) is 8.25. The number of hydrogen-bond donors (Lipinski definition) is 1. The second-order valence-corrected chi connectivity index (χ2v) is 5.69. The SMILES string of the molecule is NC(CC1CCCCCC1)c1cccc(Cl)c1. The molecule has 1 aromatic rings. The third-order valence-corrected chi connectivity index (χ3v) is 4.07. The zero-order valence-corrected chi connectivity index (χ0v) is 11.1. The molecule has 1 aromatic carbocycles. The van der Waals surface area contributed by atoms with Gasteiger partial charge in [-0.3, -0.25) is 0 Å². The smallest absolute Gasteiger partial charge is 0.0409 e. The fourth-order valence-corrected chi connectivity index (χ4v) is 3.03. The molecule has 17 heavy (non-hydrogen) atoms. The minimum absolute atomic E-state index is 0.150. The van der Waals surface area contributed by atoms with Gasteiger partial charge in [0.2, 0.25) is 0 Å². The molecule has 1 atom stereocenters. The van der Waals surface area contributed by atoms with Crippen LogP contribution in [0.1, 0.15) is 56.6 Å². The van der Waals surface area contributed by atoms with Gasteiger partial charge >= 0.3 is 0 Å². The van der Waals surface area contributed by atoms with E-state index in [1.165, 1.54) is 44.1 Å². The Labute approximate surface area is 109 Å². The van der Waals surface area contributed by atoms with Crippen LogP contribution >= 0.6 is 11.6 Å². The molecule has 1 unspecified atom stereocenters. The zero-order chi connectivity index (χ0) is 12.1. The van der Waals surface area contributed by atoms with Gasteiger partial charge in [0.1, 0.15) is 0 Å². The van der Waals surface area contributed by atoms with E-state index >= 15 is 0 Å². The molecule has 0 amide bonds. The molecule has 2 heteroatoms. The lowest BCUT2D eigenvalue weighted by Crippen LogP contribution is -2.15. The van der Waals surface area contributed by atoms with Crippen LogP contribution in [0.3, 0.4) is 0 Å². The Hall–Kier alpha value is -0.530.